The summed E-state index contributed by atoms with van der Waals surface area (Å²) in [6, 6.07) is 5.96. The number of aliphatic hydroxyl groups is 3. The van der Waals surface area contributed by atoms with Crippen LogP contribution in [0.25, 0.3) is 0 Å². The Kier molecular flexibility index (Phi) is 7.59. The number of fused-ring (bicyclic) bond motifs is 2. The minimum atomic E-state index is -1.65. The Bertz CT molecular complexity index is 1590. The van der Waals surface area contributed by atoms with Crippen LogP contribution in [0.5, 0.6) is 17.2 Å². The molecule has 0 amide bonds. The highest BCUT2D eigenvalue weighted by Gasteiger charge is 2.46. The Morgan fingerprint density at radius 3 is 2.40 bits per heavy atom. The molecule has 226 valence electrons. The molecule has 1 aromatic heterocycles. The Hall–Kier alpha value is -4.03. The van der Waals surface area contributed by atoms with Crippen molar-refractivity contribution in [2.24, 2.45) is 0 Å². The number of aliphatic hydroxyl groups excluding tert-OH is 3. The van der Waals surface area contributed by atoms with Gasteiger partial charge in [0.2, 0.25) is 6.29 Å². The molecular weight excluding hydrogens is 558 g/mol. The van der Waals surface area contributed by atoms with Crippen LogP contribution in [-0.2, 0) is 16.0 Å². The number of rotatable bonds is 6. The maximum Gasteiger partial charge on any atom is 0.308 e. The van der Waals surface area contributed by atoms with Gasteiger partial charge in [0.1, 0.15) is 35.6 Å². The third-order valence-corrected chi connectivity index (χ3v) is 8.61. The highest BCUT2D eigenvalue weighted by molar-refractivity contribution is 6.30. The van der Waals surface area contributed by atoms with E-state index < -0.39 is 48.2 Å². The predicted octanol–water partition coefficient (Wildman–Crippen LogP) is 2.88. The Balaban J connectivity index is 1.59. The zero-order valence-electron chi connectivity index (χ0n) is 23.7. The Morgan fingerprint density at radius 1 is 1.00 bits per heavy atom. The maximum absolute atomic E-state index is 14.3. The number of H-pyrrole nitrogens is 1. The second-order valence-electron chi connectivity index (χ2n) is 11.5. The van der Waals surface area contributed by atoms with Gasteiger partial charge >= 0.3 is 5.97 Å². The van der Waals surface area contributed by atoms with Crippen LogP contribution in [0, 0.1) is 0 Å². The zero-order valence-corrected chi connectivity index (χ0v) is 23.7. The third-order valence-electron chi connectivity index (χ3n) is 8.61. The Morgan fingerprint density at radius 2 is 1.72 bits per heavy atom. The lowest BCUT2D eigenvalue weighted by atomic mass is 9.76. The largest absolute Gasteiger partial charge is 0.507 e. The first kappa shape index (κ1) is 29.1. The molecule has 2 aromatic carbocycles. The van der Waals surface area contributed by atoms with Crippen molar-refractivity contribution in [2.45, 2.75) is 82.6 Å². The average molecular weight is 592 g/mol. The lowest BCUT2D eigenvalue weighted by molar-refractivity contribution is -0.268. The van der Waals surface area contributed by atoms with Crippen LogP contribution in [-0.4, -0.2) is 73.7 Å². The number of nitrogens with one attached hydrogen (secondary N) is 1. The minimum absolute atomic E-state index is 0.00616. The summed E-state index contributed by atoms with van der Waals surface area (Å²) < 4.78 is 17.3. The van der Waals surface area contributed by atoms with Crippen molar-refractivity contribution >= 4 is 17.5 Å². The molecule has 0 unspecified atom stereocenters. The van der Waals surface area contributed by atoms with Crippen molar-refractivity contribution in [1.29, 1.82) is 0 Å². The molecule has 11 nitrogen and oxygen atoms in total. The molecule has 2 aliphatic carbocycles. The summed E-state index contributed by atoms with van der Waals surface area (Å²) in [6.45, 7) is 2.75. The number of phenolic OH excluding ortho intramolecular Hbond substituents is 1. The fraction of sp³-hybridized carbons (Fsp3) is 0.406. The van der Waals surface area contributed by atoms with E-state index >= 15 is 0 Å². The second-order valence-corrected chi connectivity index (χ2v) is 11.5. The SMILES string of the molecule is CC(=O)Oc1ccc2c(c1)C(=O)c1c(Cc3cc[nH]c3)c(O[C@H]3O[C@@H](C)[C@@H](O)[C@@H](O)[C@H]3O)c(C3CCCC3)c(O)c1C2=O. The number of aromatic amines is 1. The molecule has 0 bridgehead atoms. The molecule has 1 aliphatic heterocycles. The Labute approximate surface area is 247 Å². The number of ether oxygens (including phenoxy) is 3. The average Bonchev–Trinajstić information content (AvgIpc) is 3.69. The monoisotopic (exact) mass is 591 g/mol. The van der Waals surface area contributed by atoms with Crippen LogP contribution in [0.15, 0.2) is 36.7 Å². The molecule has 5 N–H and O–H groups in total. The quantitative estimate of drug-likeness (QED) is 0.166. The van der Waals surface area contributed by atoms with Crippen molar-refractivity contribution in [3.63, 3.8) is 0 Å². The van der Waals surface area contributed by atoms with Gasteiger partial charge in [-0.1, -0.05) is 12.8 Å². The number of phenols is 1. The van der Waals surface area contributed by atoms with Crippen LogP contribution in [0.2, 0.25) is 0 Å². The number of hydrogen-bond donors (Lipinski definition) is 5. The summed E-state index contributed by atoms with van der Waals surface area (Å²) in [5, 5.41) is 43.4. The lowest BCUT2D eigenvalue weighted by Gasteiger charge is -2.40. The molecule has 0 radical (unpaired) electrons. The number of aromatic hydroxyl groups is 1. The van der Waals surface area contributed by atoms with Gasteiger partial charge in [0.15, 0.2) is 11.6 Å². The number of carbonyl (C=O) groups excluding carboxylic acids is 3. The molecule has 43 heavy (non-hydrogen) atoms. The van der Waals surface area contributed by atoms with Crippen molar-refractivity contribution in [2.75, 3.05) is 0 Å². The fourth-order valence-electron chi connectivity index (χ4n) is 6.46. The highest BCUT2D eigenvalue weighted by atomic mass is 16.7. The number of aromatic nitrogens is 1. The summed E-state index contributed by atoms with van der Waals surface area (Å²) in [5.41, 5.74) is 1.28. The van der Waals surface area contributed by atoms with Crippen molar-refractivity contribution in [1.82, 2.24) is 4.98 Å². The van der Waals surface area contributed by atoms with E-state index in [1.165, 1.54) is 32.0 Å². The first-order valence-electron chi connectivity index (χ1n) is 14.4. The van der Waals surface area contributed by atoms with Gasteiger partial charge in [-0.2, -0.15) is 0 Å². The summed E-state index contributed by atoms with van der Waals surface area (Å²) >= 11 is 0. The zero-order chi connectivity index (χ0) is 30.6. The van der Waals surface area contributed by atoms with Crippen molar-refractivity contribution < 1.29 is 49.0 Å². The van der Waals surface area contributed by atoms with E-state index in [1.807, 2.05) is 0 Å². The summed E-state index contributed by atoms with van der Waals surface area (Å²) in [7, 11) is 0. The molecule has 6 rings (SSSR count). The van der Waals surface area contributed by atoms with Crippen molar-refractivity contribution in [3.05, 3.63) is 75.6 Å². The van der Waals surface area contributed by atoms with Crippen LogP contribution < -0.4 is 9.47 Å². The number of carbonyl (C=O) groups is 3. The first-order valence-corrected chi connectivity index (χ1v) is 14.4. The molecule has 5 atom stereocenters. The number of benzene rings is 2. The van der Waals surface area contributed by atoms with Gasteiger partial charge in [-0.25, -0.2) is 0 Å². The predicted molar refractivity (Wildman–Crippen MR) is 151 cm³/mol. The molecular formula is C32H33NO10. The minimum Gasteiger partial charge on any atom is -0.507 e. The molecule has 2 heterocycles. The molecule has 1 saturated carbocycles. The summed E-state index contributed by atoms with van der Waals surface area (Å²) in [6.07, 6.45) is -0.213. The van der Waals surface area contributed by atoms with E-state index in [0.717, 1.165) is 18.4 Å². The van der Waals surface area contributed by atoms with Crippen LogP contribution in [0.4, 0.5) is 0 Å². The van der Waals surface area contributed by atoms with E-state index in [-0.39, 0.29) is 51.8 Å². The summed E-state index contributed by atoms with van der Waals surface area (Å²) in [5.74, 6) is -2.13. The fourth-order valence-corrected chi connectivity index (χ4v) is 6.46. The van der Waals surface area contributed by atoms with E-state index in [9.17, 15) is 34.8 Å². The topological polar surface area (TPSA) is 176 Å². The van der Waals surface area contributed by atoms with Crippen LogP contribution >= 0.6 is 0 Å². The third kappa shape index (κ3) is 5.02. The van der Waals surface area contributed by atoms with Gasteiger partial charge < -0.3 is 39.6 Å². The standard InChI is InChI=1S/C32H33NO10/c1-14-25(35)29(39)30(40)32(41-14)43-31-21(11-16-9-10-33-13-16)23-24(28(38)22(31)17-5-3-4-6-17)26(36)19-8-7-18(42-15(2)34)12-20(19)27(23)37/h7-10,12-14,17,25,29-30,32-33,35,38-40H,3-6,11H2,1-2H3/t14-,25+,29+,30+,32+/m0/s1. The number of esters is 1. The summed E-state index contributed by atoms with van der Waals surface area (Å²) in [4.78, 5) is 42.9. The number of ketones is 2. The first-order chi connectivity index (χ1) is 20.6. The number of hydrogen-bond acceptors (Lipinski definition) is 10. The molecule has 0 spiro atoms. The van der Waals surface area contributed by atoms with Gasteiger partial charge in [0.05, 0.1) is 11.7 Å². The molecule has 11 heteroatoms. The van der Waals surface area contributed by atoms with Gasteiger partial charge in [0.25, 0.3) is 0 Å². The van der Waals surface area contributed by atoms with E-state index in [0.29, 0.717) is 24.0 Å². The van der Waals surface area contributed by atoms with E-state index in [4.69, 9.17) is 14.2 Å². The van der Waals surface area contributed by atoms with Gasteiger partial charge in [-0.15, -0.1) is 0 Å². The van der Waals surface area contributed by atoms with Gasteiger partial charge in [-0.3, -0.25) is 14.4 Å². The molecule has 1 saturated heterocycles. The van der Waals surface area contributed by atoms with Gasteiger partial charge in [-0.05, 0) is 55.5 Å². The van der Waals surface area contributed by atoms with Gasteiger partial charge in [0, 0.05) is 53.6 Å². The molecule has 3 aromatic rings. The van der Waals surface area contributed by atoms with Crippen LogP contribution in [0.1, 0.15) is 94.0 Å². The molecule has 2 fully saturated rings. The maximum atomic E-state index is 14.3. The lowest BCUT2D eigenvalue weighted by Crippen LogP contribution is -2.58. The normalized spacial score (nSPS) is 25.4. The van der Waals surface area contributed by atoms with E-state index in [1.54, 1.807) is 18.5 Å². The van der Waals surface area contributed by atoms with E-state index in [2.05, 4.69) is 4.98 Å². The molecule has 3 aliphatic rings. The smallest absolute Gasteiger partial charge is 0.308 e. The highest BCUT2D eigenvalue weighted by Crippen LogP contribution is 2.51. The second kappa shape index (κ2) is 11.2. The van der Waals surface area contributed by atoms with Crippen LogP contribution in [0.3, 0.4) is 0 Å². The van der Waals surface area contributed by atoms with Crippen molar-refractivity contribution in [3.8, 4) is 17.2 Å².